The van der Waals surface area contributed by atoms with E-state index >= 15 is 0 Å². The van der Waals surface area contributed by atoms with Crippen LogP contribution in [0.15, 0.2) is 53.7 Å². The topological polar surface area (TPSA) is 79.0 Å². The van der Waals surface area contributed by atoms with E-state index in [1.807, 2.05) is 18.2 Å². The second-order valence-electron chi connectivity index (χ2n) is 5.10. The molecule has 2 aromatic heterocycles. The summed E-state index contributed by atoms with van der Waals surface area (Å²) in [6.45, 7) is 2.01. The van der Waals surface area contributed by atoms with Crippen molar-refractivity contribution in [2.75, 3.05) is 6.61 Å². The first-order valence-electron chi connectivity index (χ1n) is 7.45. The molecule has 0 radical (unpaired) electrons. The molecule has 0 unspecified atom stereocenters. The van der Waals surface area contributed by atoms with E-state index in [4.69, 9.17) is 4.74 Å². The Morgan fingerprint density at radius 1 is 1.25 bits per heavy atom. The maximum absolute atomic E-state index is 12.2. The van der Waals surface area contributed by atoms with Crippen molar-refractivity contribution in [3.05, 3.63) is 64.8 Å². The van der Waals surface area contributed by atoms with Crippen molar-refractivity contribution in [1.82, 2.24) is 19.3 Å². The van der Waals surface area contributed by atoms with Gasteiger partial charge in [-0.3, -0.25) is 9.36 Å². The molecular formula is C17H16N4O3. The Hall–Kier alpha value is -3.22. The molecule has 3 rings (SSSR count). The first-order valence-corrected chi connectivity index (χ1v) is 7.45. The van der Waals surface area contributed by atoms with Crippen LogP contribution in [0.2, 0.25) is 0 Å². The third-order valence-electron chi connectivity index (χ3n) is 3.52. The normalized spacial score (nSPS) is 10.6. The quantitative estimate of drug-likeness (QED) is 0.684. The average molecular weight is 324 g/mol. The lowest BCUT2D eigenvalue weighted by atomic mass is 10.1. The first kappa shape index (κ1) is 15.7. The predicted octanol–water partition coefficient (Wildman–Crippen LogP) is 1.81. The minimum Gasteiger partial charge on any atom is -0.462 e. The SMILES string of the molecule is CCOC(=O)c1ccc(=O)n(-c2cccc(-c3ncnn3C)c2)c1. The molecule has 122 valence electrons. The van der Waals surface area contributed by atoms with Gasteiger partial charge in [-0.2, -0.15) is 5.10 Å². The van der Waals surface area contributed by atoms with Crippen molar-refractivity contribution >= 4 is 5.97 Å². The van der Waals surface area contributed by atoms with E-state index < -0.39 is 5.97 Å². The van der Waals surface area contributed by atoms with E-state index in [9.17, 15) is 9.59 Å². The van der Waals surface area contributed by atoms with Gasteiger partial charge in [0.25, 0.3) is 5.56 Å². The summed E-state index contributed by atoms with van der Waals surface area (Å²) in [5.41, 5.74) is 1.53. The van der Waals surface area contributed by atoms with E-state index in [2.05, 4.69) is 10.1 Å². The lowest BCUT2D eigenvalue weighted by molar-refractivity contribution is 0.0525. The minimum atomic E-state index is -0.462. The zero-order valence-electron chi connectivity index (χ0n) is 13.3. The number of benzene rings is 1. The molecule has 0 aliphatic rings. The van der Waals surface area contributed by atoms with E-state index in [1.54, 1.807) is 24.7 Å². The number of ether oxygens (including phenoxy) is 1. The molecule has 0 saturated heterocycles. The smallest absolute Gasteiger partial charge is 0.339 e. The van der Waals surface area contributed by atoms with Crippen LogP contribution in [0.25, 0.3) is 17.1 Å². The van der Waals surface area contributed by atoms with Gasteiger partial charge in [0.05, 0.1) is 12.2 Å². The highest BCUT2D eigenvalue weighted by atomic mass is 16.5. The molecule has 3 aromatic rings. The van der Waals surface area contributed by atoms with Crippen molar-refractivity contribution < 1.29 is 9.53 Å². The number of rotatable bonds is 4. The van der Waals surface area contributed by atoms with E-state index in [1.165, 1.54) is 29.2 Å². The maximum atomic E-state index is 12.2. The van der Waals surface area contributed by atoms with Crippen molar-refractivity contribution in [2.24, 2.45) is 7.05 Å². The fourth-order valence-corrected chi connectivity index (χ4v) is 2.38. The Morgan fingerprint density at radius 2 is 2.08 bits per heavy atom. The van der Waals surface area contributed by atoms with Gasteiger partial charge in [0.2, 0.25) is 0 Å². The number of aromatic nitrogens is 4. The molecule has 0 N–H and O–H groups in total. The molecule has 0 amide bonds. The van der Waals surface area contributed by atoms with Crippen LogP contribution in [0.1, 0.15) is 17.3 Å². The van der Waals surface area contributed by atoms with Crippen LogP contribution in [0.5, 0.6) is 0 Å². The van der Waals surface area contributed by atoms with Crippen LogP contribution >= 0.6 is 0 Å². The number of pyridine rings is 1. The Morgan fingerprint density at radius 3 is 2.79 bits per heavy atom. The summed E-state index contributed by atoms with van der Waals surface area (Å²) in [4.78, 5) is 28.3. The van der Waals surface area contributed by atoms with Gasteiger partial charge in [-0.15, -0.1) is 0 Å². The molecule has 0 bridgehead atoms. The average Bonchev–Trinajstić information content (AvgIpc) is 3.01. The third kappa shape index (κ3) is 2.96. The minimum absolute atomic E-state index is 0.238. The summed E-state index contributed by atoms with van der Waals surface area (Å²) in [5.74, 6) is 0.224. The summed E-state index contributed by atoms with van der Waals surface area (Å²) < 4.78 is 8.04. The number of esters is 1. The van der Waals surface area contributed by atoms with Gasteiger partial charge >= 0.3 is 5.97 Å². The molecule has 0 saturated carbocycles. The number of hydrogen-bond donors (Lipinski definition) is 0. The summed E-state index contributed by atoms with van der Waals surface area (Å²) in [6, 6.07) is 10.1. The fourth-order valence-electron chi connectivity index (χ4n) is 2.38. The van der Waals surface area contributed by atoms with Crippen molar-refractivity contribution in [3.63, 3.8) is 0 Å². The lowest BCUT2D eigenvalue weighted by Crippen LogP contribution is -2.19. The van der Waals surface area contributed by atoms with E-state index in [0.29, 0.717) is 17.1 Å². The van der Waals surface area contributed by atoms with Gasteiger partial charge in [0, 0.05) is 30.6 Å². The van der Waals surface area contributed by atoms with Crippen molar-refractivity contribution in [2.45, 2.75) is 6.92 Å². The zero-order valence-corrected chi connectivity index (χ0v) is 13.3. The van der Waals surface area contributed by atoms with Crippen LogP contribution in [-0.4, -0.2) is 31.9 Å². The highest BCUT2D eigenvalue weighted by molar-refractivity contribution is 5.89. The van der Waals surface area contributed by atoms with Crippen molar-refractivity contribution in [1.29, 1.82) is 0 Å². The van der Waals surface area contributed by atoms with Crippen LogP contribution in [-0.2, 0) is 11.8 Å². The van der Waals surface area contributed by atoms with Gasteiger partial charge in [0.15, 0.2) is 5.82 Å². The van der Waals surface area contributed by atoms with Crippen LogP contribution in [0.3, 0.4) is 0 Å². The number of aryl methyl sites for hydroxylation is 1. The maximum Gasteiger partial charge on any atom is 0.339 e. The lowest BCUT2D eigenvalue weighted by Gasteiger charge is -2.09. The molecule has 0 aliphatic heterocycles. The highest BCUT2D eigenvalue weighted by Gasteiger charge is 2.11. The van der Waals surface area contributed by atoms with Crippen molar-refractivity contribution in [3.8, 4) is 17.1 Å². The van der Waals surface area contributed by atoms with Gasteiger partial charge in [-0.05, 0) is 25.1 Å². The predicted molar refractivity (Wildman–Crippen MR) is 88.0 cm³/mol. The monoisotopic (exact) mass is 324 g/mol. The molecule has 0 spiro atoms. The van der Waals surface area contributed by atoms with Gasteiger partial charge in [-0.25, -0.2) is 14.5 Å². The van der Waals surface area contributed by atoms with Crippen LogP contribution in [0.4, 0.5) is 0 Å². The highest BCUT2D eigenvalue weighted by Crippen LogP contribution is 2.19. The molecule has 7 heteroatoms. The molecule has 0 aliphatic carbocycles. The Labute approximate surface area is 138 Å². The fraction of sp³-hybridized carbons (Fsp3) is 0.176. The summed E-state index contributed by atoms with van der Waals surface area (Å²) in [7, 11) is 1.79. The molecule has 7 nitrogen and oxygen atoms in total. The zero-order chi connectivity index (χ0) is 17.1. The third-order valence-corrected chi connectivity index (χ3v) is 3.52. The van der Waals surface area contributed by atoms with E-state index in [0.717, 1.165) is 5.56 Å². The first-order chi connectivity index (χ1) is 11.6. The Kier molecular flexibility index (Phi) is 4.24. The standard InChI is InChI=1S/C17H16N4O3/c1-3-24-17(23)13-7-8-15(22)21(10-13)14-6-4-5-12(9-14)16-18-11-19-20(16)2/h4-11H,3H2,1-2H3. The number of carbonyl (C=O) groups is 1. The number of nitrogens with zero attached hydrogens (tertiary/aromatic N) is 4. The molecule has 1 aromatic carbocycles. The largest absolute Gasteiger partial charge is 0.462 e. The Balaban J connectivity index is 2.06. The number of carbonyl (C=O) groups excluding carboxylic acids is 1. The molecule has 2 heterocycles. The van der Waals surface area contributed by atoms with Gasteiger partial charge in [-0.1, -0.05) is 12.1 Å². The number of hydrogen-bond acceptors (Lipinski definition) is 5. The second-order valence-corrected chi connectivity index (χ2v) is 5.10. The summed E-state index contributed by atoms with van der Waals surface area (Å²) in [6.07, 6.45) is 2.95. The molecule has 0 atom stereocenters. The second kappa shape index (κ2) is 6.49. The van der Waals surface area contributed by atoms with Crippen LogP contribution in [0, 0.1) is 0 Å². The summed E-state index contributed by atoms with van der Waals surface area (Å²) >= 11 is 0. The van der Waals surface area contributed by atoms with Crippen LogP contribution < -0.4 is 5.56 Å². The van der Waals surface area contributed by atoms with Gasteiger partial charge in [0.1, 0.15) is 6.33 Å². The molecular weight excluding hydrogens is 308 g/mol. The van der Waals surface area contributed by atoms with Gasteiger partial charge < -0.3 is 4.74 Å². The molecule has 24 heavy (non-hydrogen) atoms. The van der Waals surface area contributed by atoms with E-state index in [-0.39, 0.29) is 12.2 Å². The molecule has 0 fully saturated rings. The summed E-state index contributed by atoms with van der Waals surface area (Å²) in [5, 5.41) is 4.05. The Bertz CT molecular complexity index is 943.